The summed E-state index contributed by atoms with van der Waals surface area (Å²) in [7, 11) is 0. The SMILES string of the molecule is Cc1cc(N)n(-c2cc(N[C@H](C)c3ccccc3)ncn2)n1. The number of nitrogens with two attached hydrogens (primary N) is 1. The molecule has 0 aliphatic rings. The molecule has 0 aliphatic heterocycles. The second-order valence-corrected chi connectivity index (χ2v) is 5.16. The molecule has 6 heteroatoms. The van der Waals surface area contributed by atoms with E-state index in [0.717, 1.165) is 11.5 Å². The zero-order chi connectivity index (χ0) is 15.5. The van der Waals surface area contributed by atoms with Crippen LogP contribution in [0.1, 0.15) is 24.2 Å². The van der Waals surface area contributed by atoms with Crippen molar-refractivity contribution >= 4 is 11.6 Å². The van der Waals surface area contributed by atoms with E-state index in [1.807, 2.05) is 37.3 Å². The Balaban J connectivity index is 1.84. The maximum absolute atomic E-state index is 5.94. The smallest absolute Gasteiger partial charge is 0.161 e. The second-order valence-electron chi connectivity index (χ2n) is 5.16. The number of nitrogens with one attached hydrogen (secondary N) is 1. The Morgan fingerprint density at radius 1 is 1.14 bits per heavy atom. The van der Waals surface area contributed by atoms with Crippen molar-refractivity contribution < 1.29 is 0 Å². The third-order valence-electron chi connectivity index (χ3n) is 3.39. The topological polar surface area (TPSA) is 81.6 Å². The van der Waals surface area contributed by atoms with Gasteiger partial charge in [0.15, 0.2) is 5.82 Å². The molecule has 0 amide bonds. The number of nitrogen functional groups attached to an aromatic ring is 1. The number of nitrogens with zero attached hydrogens (tertiary/aromatic N) is 4. The first kappa shape index (κ1) is 14.1. The van der Waals surface area contributed by atoms with Crippen LogP contribution in [0.5, 0.6) is 0 Å². The second kappa shape index (κ2) is 5.85. The van der Waals surface area contributed by atoms with Crippen LogP contribution < -0.4 is 11.1 Å². The molecule has 2 aromatic heterocycles. The van der Waals surface area contributed by atoms with Crippen molar-refractivity contribution in [1.82, 2.24) is 19.7 Å². The van der Waals surface area contributed by atoms with Gasteiger partial charge in [-0.15, -0.1) is 0 Å². The fourth-order valence-corrected chi connectivity index (χ4v) is 2.29. The van der Waals surface area contributed by atoms with Crippen LogP contribution in [0.15, 0.2) is 48.8 Å². The first-order valence-electron chi connectivity index (χ1n) is 7.09. The largest absolute Gasteiger partial charge is 0.384 e. The van der Waals surface area contributed by atoms with Gasteiger partial charge in [-0.25, -0.2) is 9.97 Å². The minimum absolute atomic E-state index is 0.139. The van der Waals surface area contributed by atoms with E-state index in [9.17, 15) is 0 Å². The summed E-state index contributed by atoms with van der Waals surface area (Å²) in [5, 5.41) is 7.69. The van der Waals surface area contributed by atoms with Crippen LogP contribution >= 0.6 is 0 Å². The van der Waals surface area contributed by atoms with Crippen molar-refractivity contribution in [2.24, 2.45) is 0 Å². The average Bonchev–Trinajstić information content (AvgIpc) is 2.87. The van der Waals surface area contributed by atoms with E-state index in [2.05, 4.69) is 39.4 Å². The summed E-state index contributed by atoms with van der Waals surface area (Å²) in [5.74, 6) is 1.93. The number of aromatic nitrogens is 4. The molecule has 0 radical (unpaired) electrons. The van der Waals surface area contributed by atoms with Gasteiger partial charge in [-0.2, -0.15) is 9.78 Å². The average molecular weight is 294 g/mol. The van der Waals surface area contributed by atoms with Gasteiger partial charge >= 0.3 is 0 Å². The van der Waals surface area contributed by atoms with E-state index in [1.54, 1.807) is 4.68 Å². The number of hydrogen-bond acceptors (Lipinski definition) is 5. The monoisotopic (exact) mass is 294 g/mol. The van der Waals surface area contributed by atoms with Crippen LogP contribution in [0, 0.1) is 6.92 Å². The molecule has 3 aromatic rings. The highest BCUT2D eigenvalue weighted by atomic mass is 15.3. The Kier molecular flexibility index (Phi) is 3.74. The van der Waals surface area contributed by atoms with Gasteiger partial charge in [0.05, 0.1) is 5.69 Å². The standard InChI is InChI=1S/C16H18N6/c1-11-8-14(17)22(21-11)16-9-15(18-10-19-16)20-12(2)13-6-4-3-5-7-13/h3-10,12H,17H2,1-2H3,(H,18,19,20)/t12-/m1/s1. The Morgan fingerprint density at radius 2 is 1.91 bits per heavy atom. The predicted molar refractivity (Wildman–Crippen MR) is 86.8 cm³/mol. The van der Waals surface area contributed by atoms with Crippen molar-refractivity contribution in [1.29, 1.82) is 0 Å². The number of benzene rings is 1. The highest BCUT2D eigenvalue weighted by Crippen LogP contribution is 2.19. The molecule has 3 rings (SSSR count). The van der Waals surface area contributed by atoms with Crippen LogP contribution in [-0.2, 0) is 0 Å². The molecule has 3 N–H and O–H groups in total. The predicted octanol–water partition coefficient (Wildman–Crippen LogP) is 2.73. The molecule has 0 saturated heterocycles. The Hall–Kier alpha value is -2.89. The lowest BCUT2D eigenvalue weighted by Crippen LogP contribution is -2.10. The summed E-state index contributed by atoms with van der Waals surface area (Å²) in [6.45, 7) is 3.98. The highest BCUT2D eigenvalue weighted by molar-refractivity contribution is 5.46. The van der Waals surface area contributed by atoms with E-state index in [0.29, 0.717) is 11.6 Å². The van der Waals surface area contributed by atoms with Crippen molar-refractivity contribution in [3.63, 3.8) is 0 Å². The normalized spacial score (nSPS) is 12.1. The van der Waals surface area contributed by atoms with Gasteiger partial charge in [0, 0.05) is 18.2 Å². The molecule has 112 valence electrons. The van der Waals surface area contributed by atoms with Gasteiger partial charge in [0.25, 0.3) is 0 Å². The minimum Gasteiger partial charge on any atom is -0.384 e. The zero-order valence-electron chi connectivity index (χ0n) is 12.6. The van der Waals surface area contributed by atoms with Crippen LogP contribution in [0.25, 0.3) is 5.82 Å². The molecule has 2 heterocycles. The molecule has 1 aromatic carbocycles. The molecule has 1 atom stereocenters. The molecule has 6 nitrogen and oxygen atoms in total. The number of rotatable bonds is 4. The molecule has 0 spiro atoms. The number of hydrogen-bond donors (Lipinski definition) is 2. The highest BCUT2D eigenvalue weighted by Gasteiger charge is 2.09. The van der Waals surface area contributed by atoms with E-state index >= 15 is 0 Å². The summed E-state index contributed by atoms with van der Waals surface area (Å²) >= 11 is 0. The van der Waals surface area contributed by atoms with Gasteiger partial charge in [-0.3, -0.25) is 0 Å². The van der Waals surface area contributed by atoms with E-state index in [-0.39, 0.29) is 6.04 Å². The van der Waals surface area contributed by atoms with E-state index < -0.39 is 0 Å². The lowest BCUT2D eigenvalue weighted by molar-refractivity contribution is 0.826. The molecule has 0 saturated carbocycles. The van der Waals surface area contributed by atoms with Gasteiger partial charge in [0.1, 0.15) is 18.0 Å². The maximum Gasteiger partial charge on any atom is 0.161 e. The Bertz CT molecular complexity index is 765. The van der Waals surface area contributed by atoms with Gasteiger partial charge < -0.3 is 11.1 Å². The first-order chi connectivity index (χ1) is 10.6. The van der Waals surface area contributed by atoms with Crippen molar-refractivity contribution in [2.45, 2.75) is 19.9 Å². The van der Waals surface area contributed by atoms with E-state index in [1.165, 1.54) is 11.9 Å². The number of anilines is 2. The third kappa shape index (κ3) is 2.90. The van der Waals surface area contributed by atoms with Crippen LogP contribution in [0.3, 0.4) is 0 Å². The van der Waals surface area contributed by atoms with Crippen molar-refractivity contribution in [3.8, 4) is 5.82 Å². The van der Waals surface area contributed by atoms with Crippen molar-refractivity contribution in [2.75, 3.05) is 11.1 Å². The Labute approximate surface area is 129 Å². The maximum atomic E-state index is 5.94. The summed E-state index contributed by atoms with van der Waals surface area (Å²) in [4.78, 5) is 8.50. The molecule has 0 fully saturated rings. The third-order valence-corrected chi connectivity index (χ3v) is 3.39. The van der Waals surface area contributed by atoms with Gasteiger partial charge in [-0.1, -0.05) is 30.3 Å². The first-order valence-corrected chi connectivity index (χ1v) is 7.09. The minimum atomic E-state index is 0.139. The fraction of sp³-hybridized carbons (Fsp3) is 0.188. The molecule has 0 bridgehead atoms. The van der Waals surface area contributed by atoms with Crippen LogP contribution in [0.4, 0.5) is 11.6 Å². The van der Waals surface area contributed by atoms with Crippen LogP contribution in [-0.4, -0.2) is 19.7 Å². The molecule has 0 aliphatic carbocycles. The summed E-state index contributed by atoms with van der Waals surface area (Å²) < 4.78 is 1.61. The lowest BCUT2D eigenvalue weighted by Gasteiger charge is -2.15. The van der Waals surface area contributed by atoms with E-state index in [4.69, 9.17) is 5.73 Å². The van der Waals surface area contributed by atoms with Gasteiger partial charge in [-0.05, 0) is 19.4 Å². The molecular formula is C16H18N6. The lowest BCUT2D eigenvalue weighted by atomic mass is 10.1. The summed E-state index contributed by atoms with van der Waals surface area (Å²) in [6.07, 6.45) is 1.51. The summed E-state index contributed by atoms with van der Waals surface area (Å²) in [6, 6.07) is 14.0. The molecule has 22 heavy (non-hydrogen) atoms. The Morgan fingerprint density at radius 3 is 2.59 bits per heavy atom. The molecular weight excluding hydrogens is 276 g/mol. The fourth-order valence-electron chi connectivity index (χ4n) is 2.29. The summed E-state index contributed by atoms with van der Waals surface area (Å²) in [5.41, 5.74) is 7.98. The van der Waals surface area contributed by atoms with Crippen LogP contribution in [0.2, 0.25) is 0 Å². The zero-order valence-corrected chi connectivity index (χ0v) is 12.6. The van der Waals surface area contributed by atoms with Crippen molar-refractivity contribution in [3.05, 3.63) is 60.0 Å². The van der Waals surface area contributed by atoms with Gasteiger partial charge in [0.2, 0.25) is 0 Å². The molecule has 0 unspecified atom stereocenters. The quantitative estimate of drug-likeness (QED) is 0.773. The number of aryl methyl sites for hydroxylation is 1.